The van der Waals surface area contributed by atoms with Crippen molar-refractivity contribution in [2.75, 3.05) is 61.9 Å². The quantitative estimate of drug-likeness (QED) is 0.424. The number of aromatic nitrogens is 3. The fourth-order valence-corrected chi connectivity index (χ4v) is 3.74. The molecule has 3 heterocycles. The number of carbonyl (C=O) groups is 1. The molecule has 0 radical (unpaired) electrons. The molecule has 4 rings (SSSR count). The first-order valence-corrected chi connectivity index (χ1v) is 10.8. The van der Waals surface area contributed by atoms with Gasteiger partial charge in [-0.1, -0.05) is 0 Å². The summed E-state index contributed by atoms with van der Waals surface area (Å²) < 4.78 is 0. The van der Waals surface area contributed by atoms with Gasteiger partial charge in [0.05, 0.1) is 24.7 Å². The van der Waals surface area contributed by atoms with E-state index in [1.165, 1.54) is 6.20 Å². The summed E-state index contributed by atoms with van der Waals surface area (Å²) in [5.41, 5.74) is 2.43. The van der Waals surface area contributed by atoms with E-state index in [0.29, 0.717) is 29.2 Å². The minimum absolute atomic E-state index is 0.137. The lowest BCUT2D eigenvalue weighted by atomic mass is 10.1. The molecule has 0 atom stereocenters. The molecular weight excluding hydrogens is 422 g/mol. The van der Waals surface area contributed by atoms with Gasteiger partial charge in [0, 0.05) is 62.8 Å². The summed E-state index contributed by atoms with van der Waals surface area (Å²) in [5, 5.41) is 14.7. The Morgan fingerprint density at radius 1 is 1.15 bits per heavy atom. The SMILES string of the molecule is CNc1cncc(-c2c[nH]c(=O)c(NC(=O)c3ccc(N4CCN(CCO)CC4)cc3)c2)n1. The molecule has 4 N–H and O–H groups in total. The minimum Gasteiger partial charge on any atom is -0.395 e. The van der Waals surface area contributed by atoms with Crippen molar-refractivity contribution < 1.29 is 9.90 Å². The number of aliphatic hydroxyl groups is 1. The fourth-order valence-electron chi connectivity index (χ4n) is 3.74. The number of nitrogens with zero attached hydrogens (tertiary/aromatic N) is 4. The molecule has 0 saturated carbocycles. The summed E-state index contributed by atoms with van der Waals surface area (Å²) in [6, 6.07) is 8.92. The van der Waals surface area contributed by atoms with Gasteiger partial charge < -0.3 is 25.6 Å². The van der Waals surface area contributed by atoms with Crippen LogP contribution in [0.4, 0.5) is 17.2 Å². The normalized spacial score (nSPS) is 14.2. The van der Waals surface area contributed by atoms with Crippen LogP contribution < -0.4 is 21.1 Å². The van der Waals surface area contributed by atoms with Crippen molar-refractivity contribution in [3.8, 4) is 11.3 Å². The Morgan fingerprint density at radius 2 is 1.91 bits per heavy atom. The minimum atomic E-state index is -0.401. The summed E-state index contributed by atoms with van der Waals surface area (Å²) >= 11 is 0. The van der Waals surface area contributed by atoms with Crippen LogP contribution in [-0.4, -0.2) is 77.2 Å². The molecule has 10 heteroatoms. The number of rotatable bonds is 7. The number of amides is 1. The molecule has 1 fully saturated rings. The summed E-state index contributed by atoms with van der Waals surface area (Å²) in [5.74, 6) is 0.228. The third kappa shape index (κ3) is 5.36. The highest BCUT2D eigenvalue weighted by Crippen LogP contribution is 2.20. The maximum Gasteiger partial charge on any atom is 0.271 e. The zero-order valence-electron chi connectivity index (χ0n) is 18.4. The van der Waals surface area contributed by atoms with Gasteiger partial charge in [-0.05, 0) is 30.3 Å². The van der Waals surface area contributed by atoms with E-state index >= 15 is 0 Å². The number of hydrogen-bond acceptors (Lipinski definition) is 8. The van der Waals surface area contributed by atoms with E-state index < -0.39 is 5.56 Å². The Balaban J connectivity index is 1.44. The molecule has 10 nitrogen and oxygen atoms in total. The van der Waals surface area contributed by atoms with Gasteiger partial charge in [-0.2, -0.15) is 0 Å². The first kappa shape index (κ1) is 22.4. The number of pyridine rings is 1. The van der Waals surface area contributed by atoms with Gasteiger partial charge in [0.15, 0.2) is 0 Å². The van der Waals surface area contributed by atoms with Crippen molar-refractivity contribution in [1.82, 2.24) is 19.9 Å². The molecule has 0 aliphatic carbocycles. The number of aromatic amines is 1. The Bertz CT molecular complexity index is 1160. The Hall–Kier alpha value is -3.76. The summed E-state index contributed by atoms with van der Waals surface area (Å²) in [4.78, 5) is 40.7. The summed E-state index contributed by atoms with van der Waals surface area (Å²) in [7, 11) is 1.74. The molecule has 1 aromatic carbocycles. The topological polar surface area (TPSA) is 126 Å². The molecule has 0 unspecified atom stereocenters. The number of anilines is 3. The standard InChI is InChI=1S/C23H27N7O3/c1-24-21-15-25-14-20(27-21)17-12-19(23(33)26-13-17)28-22(32)16-2-4-18(5-3-16)30-8-6-29(7-9-30)10-11-31/h2-5,12-15,31H,6-11H2,1H3,(H,24,27)(H,26,33)(H,28,32). The van der Waals surface area contributed by atoms with Gasteiger partial charge in [0.2, 0.25) is 0 Å². The van der Waals surface area contributed by atoms with E-state index in [4.69, 9.17) is 5.11 Å². The fraction of sp³-hybridized carbons (Fsp3) is 0.304. The molecule has 1 aliphatic rings. The number of H-pyrrole nitrogens is 1. The molecule has 33 heavy (non-hydrogen) atoms. The Morgan fingerprint density at radius 3 is 2.61 bits per heavy atom. The third-order valence-corrected chi connectivity index (χ3v) is 5.62. The van der Waals surface area contributed by atoms with Crippen molar-refractivity contribution in [2.45, 2.75) is 0 Å². The average Bonchev–Trinajstić information content (AvgIpc) is 2.86. The molecule has 0 spiro atoms. The van der Waals surface area contributed by atoms with Gasteiger partial charge in [-0.3, -0.25) is 19.5 Å². The first-order chi connectivity index (χ1) is 16.1. The van der Waals surface area contributed by atoms with Gasteiger partial charge in [0.1, 0.15) is 11.5 Å². The monoisotopic (exact) mass is 449 g/mol. The van der Waals surface area contributed by atoms with Gasteiger partial charge in [-0.15, -0.1) is 0 Å². The van der Waals surface area contributed by atoms with Crippen LogP contribution in [0.25, 0.3) is 11.3 Å². The number of benzene rings is 1. The second kappa shape index (κ2) is 10.2. The van der Waals surface area contributed by atoms with E-state index in [2.05, 4.69) is 35.4 Å². The number of nitrogens with one attached hydrogen (secondary N) is 3. The van der Waals surface area contributed by atoms with Crippen molar-refractivity contribution in [3.63, 3.8) is 0 Å². The zero-order chi connectivity index (χ0) is 23.2. The Labute approximate surface area is 191 Å². The van der Waals surface area contributed by atoms with E-state index in [-0.39, 0.29) is 18.2 Å². The lowest BCUT2D eigenvalue weighted by molar-refractivity contribution is 0.102. The Kier molecular flexibility index (Phi) is 6.96. The molecule has 3 aromatic rings. The number of β-amino-alcohol motifs (C(OH)–C–C–N with tert-alkyl or cyclic N) is 1. The highest BCUT2D eigenvalue weighted by molar-refractivity contribution is 6.04. The van der Waals surface area contributed by atoms with E-state index in [1.807, 2.05) is 12.1 Å². The molecule has 1 saturated heterocycles. The van der Waals surface area contributed by atoms with Gasteiger partial charge >= 0.3 is 0 Å². The zero-order valence-corrected chi connectivity index (χ0v) is 18.4. The van der Waals surface area contributed by atoms with Crippen LogP contribution in [0.1, 0.15) is 10.4 Å². The molecule has 2 aromatic heterocycles. The van der Waals surface area contributed by atoms with Crippen LogP contribution in [-0.2, 0) is 0 Å². The molecular formula is C23H27N7O3. The van der Waals surface area contributed by atoms with Crippen molar-refractivity contribution >= 4 is 23.1 Å². The van der Waals surface area contributed by atoms with Crippen LogP contribution in [0.15, 0.2) is 53.7 Å². The molecule has 0 bridgehead atoms. The average molecular weight is 450 g/mol. The third-order valence-electron chi connectivity index (χ3n) is 5.62. The predicted octanol–water partition coefficient (Wildman–Crippen LogP) is 1.24. The second-order valence-electron chi connectivity index (χ2n) is 7.72. The lowest BCUT2D eigenvalue weighted by Gasteiger charge is -2.35. The van der Waals surface area contributed by atoms with Crippen molar-refractivity contribution in [3.05, 3.63) is 64.8 Å². The predicted molar refractivity (Wildman–Crippen MR) is 128 cm³/mol. The van der Waals surface area contributed by atoms with E-state index in [0.717, 1.165) is 31.9 Å². The smallest absolute Gasteiger partial charge is 0.271 e. The molecule has 172 valence electrons. The van der Waals surface area contributed by atoms with E-state index in [9.17, 15) is 9.59 Å². The lowest BCUT2D eigenvalue weighted by Crippen LogP contribution is -2.47. The van der Waals surface area contributed by atoms with Crippen LogP contribution in [0.5, 0.6) is 0 Å². The molecule has 1 amide bonds. The van der Waals surface area contributed by atoms with Crippen LogP contribution in [0, 0.1) is 0 Å². The maximum atomic E-state index is 12.8. The number of carbonyl (C=O) groups excluding carboxylic acids is 1. The van der Waals surface area contributed by atoms with Gasteiger partial charge in [-0.25, -0.2) is 4.98 Å². The van der Waals surface area contributed by atoms with Crippen LogP contribution >= 0.6 is 0 Å². The number of piperazine rings is 1. The summed E-state index contributed by atoms with van der Waals surface area (Å²) in [6.45, 7) is 4.38. The number of aliphatic hydroxyl groups excluding tert-OH is 1. The molecule has 1 aliphatic heterocycles. The van der Waals surface area contributed by atoms with Crippen LogP contribution in [0.2, 0.25) is 0 Å². The highest BCUT2D eigenvalue weighted by Gasteiger charge is 2.17. The first-order valence-electron chi connectivity index (χ1n) is 10.8. The van der Waals surface area contributed by atoms with Crippen molar-refractivity contribution in [2.24, 2.45) is 0 Å². The highest BCUT2D eigenvalue weighted by atomic mass is 16.3. The second-order valence-corrected chi connectivity index (χ2v) is 7.72. The summed E-state index contributed by atoms with van der Waals surface area (Å²) in [6.07, 6.45) is 4.72. The van der Waals surface area contributed by atoms with E-state index in [1.54, 1.807) is 37.6 Å². The van der Waals surface area contributed by atoms with Crippen LogP contribution in [0.3, 0.4) is 0 Å². The maximum absolute atomic E-state index is 12.8. The van der Waals surface area contributed by atoms with Crippen molar-refractivity contribution in [1.29, 1.82) is 0 Å². The van der Waals surface area contributed by atoms with Gasteiger partial charge in [0.25, 0.3) is 11.5 Å². The number of hydrogen-bond donors (Lipinski definition) is 4. The largest absolute Gasteiger partial charge is 0.395 e.